The summed E-state index contributed by atoms with van der Waals surface area (Å²) in [6, 6.07) is 22.8. The van der Waals surface area contributed by atoms with E-state index in [0.717, 1.165) is 17.5 Å². The normalized spacial score (nSPS) is 11.5. The summed E-state index contributed by atoms with van der Waals surface area (Å²) in [5.74, 6) is -0.0921. The molecule has 3 rings (SSSR count). The van der Waals surface area contributed by atoms with Crippen LogP contribution < -0.4 is 14.8 Å². The molecule has 178 valence electrons. The third kappa shape index (κ3) is 7.10. The summed E-state index contributed by atoms with van der Waals surface area (Å²) in [7, 11) is 1.57. The summed E-state index contributed by atoms with van der Waals surface area (Å²) < 4.78 is 11.2. The highest BCUT2D eigenvalue weighted by atomic mass is 16.5. The molecule has 6 nitrogen and oxygen atoms in total. The molecule has 3 aromatic rings. The molecule has 0 radical (unpaired) electrons. The van der Waals surface area contributed by atoms with Crippen molar-refractivity contribution in [3.05, 3.63) is 95.1 Å². The average molecular weight is 462 g/mol. The van der Waals surface area contributed by atoms with Gasteiger partial charge in [-0.3, -0.25) is 9.59 Å². The van der Waals surface area contributed by atoms with E-state index in [1.54, 1.807) is 31.4 Å². The zero-order valence-corrected chi connectivity index (χ0v) is 19.6. The monoisotopic (exact) mass is 461 g/mol. The zero-order valence-electron chi connectivity index (χ0n) is 19.6. The Balaban J connectivity index is 1.56. The number of methoxy groups -OCH3 is 1. The first-order valence-electron chi connectivity index (χ1n) is 11.4. The van der Waals surface area contributed by atoms with Gasteiger partial charge in [0.15, 0.2) is 0 Å². The van der Waals surface area contributed by atoms with E-state index < -0.39 is 11.9 Å². The van der Waals surface area contributed by atoms with Crippen molar-refractivity contribution < 1.29 is 24.2 Å². The van der Waals surface area contributed by atoms with E-state index in [4.69, 9.17) is 9.47 Å². The summed E-state index contributed by atoms with van der Waals surface area (Å²) >= 11 is 0. The van der Waals surface area contributed by atoms with Gasteiger partial charge in [-0.15, -0.1) is 0 Å². The largest absolute Gasteiger partial charge is 0.496 e. The Morgan fingerprint density at radius 1 is 0.971 bits per heavy atom. The van der Waals surface area contributed by atoms with Crippen molar-refractivity contribution in [2.45, 2.75) is 32.7 Å². The molecular weight excluding hydrogens is 430 g/mol. The summed E-state index contributed by atoms with van der Waals surface area (Å²) in [6.45, 7) is 2.70. The standard InChI is InChI=1S/C28H31NO5/c1-3-22(28(31)32)17-21-9-14-26(33-2)24(18-21)19-29-27(30)23-10-12-25(13-11-23)34-16-15-20-7-5-4-6-8-20/h4-14,18,22H,3,15-17,19H2,1-2H3,(H,29,30)(H,31,32). The molecule has 0 saturated heterocycles. The number of nitrogens with one attached hydrogen (secondary N) is 1. The molecule has 0 aliphatic rings. The highest BCUT2D eigenvalue weighted by Crippen LogP contribution is 2.23. The van der Waals surface area contributed by atoms with Crippen molar-refractivity contribution in [3.8, 4) is 11.5 Å². The van der Waals surface area contributed by atoms with Crippen LogP contribution in [0.1, 0.15) is 40.4 Å². The molecular formula is C28H31NO5. The summed E-state index contributed by atoms with van der Waals surface area (Å²) in [5.41, 5.74) is 3.44. The molecule has 1 amide bonds. The van der Waals surface area contributed by atoms with Crippen molar-refractivity contribution >= 4 is 11.9 Å². The minimum atomic E-state index is -0.805. The number of aliphatic carboxylic acids is 1. The van der Waals surface area contributed by atoms with Crippen LogP contribution in [0, 0.1) is 5.92 Å². The molecule has 0 bridgehead atoms. The minimum absolute atomic E-state index is 0.208. The Morgan fingerprint density at radius 3 is 2.35 bits per heavy atom. The Kier molecular flexibility index (Phi) is 9.09. The number of carbonyl (C=O) groups is 2. The number of carbonyl (C=O) groups excluding carboxylic acids is 1. The van der Waals surface area contributed by atoms with Crippen LogP contribution in [0.2, 0.25) is 0 Å². The summed E-state index contributed by atoms with van der Waals surface area (Å²) in [4.78, 5) is 24.0. The van der Waals surface area contributed by atoms with Crippen LogP contribution in [0.15, 0.2) is 72.8 Å². The Hall–Kier alpha value is -3.80. The van der Waals surface area contributed by atoms with Gasteiger partial charge < -0.3 is 19.9 Å². The van der Waals surface area contributed by atoms with Crippen LogP contribution in [-0.4, -0.2) is 30.7 Å². The first kappa shape index (κ1) is 24.8. The summed E-state index contributed by atoms with van der Waals surface area (Å²) in [5, 5.41) is 12.3. The number of hydrogen-bond donors (Lipinski definition) is 2. The molecule has 1 unspecified atom stereocenters. The molecule has 0 heterocycles. The zero-order chi connectivity index (χ0) is 24.3. The van der Waals surface area contributed by atoms with Gasteiger partial charge in [0.05, 0.1) is 19.6 Å². The van der Waals surface area contributed by atoms with E-state index in [2.05, 4.69) is 17.4 Å². The molecule has 0 aliphatic carbocycles. The van der Waals surface area contributed by atoms with Crippen LogP contribution in [-0.2, 0) is 24.2 Å². The van der Waals surface area contributed by atoms with Crippen molar-refractivity contribution in [2.75, 3.05) is 13.7 Å². The number of rotatable bonds is 12. The third-order valence-electron chi connectivity index (χ3n) is 5.73. The fraction of sp³-hybridized carbons (Fsp3) is 0.286. The number of hydrogen-bond acceptors (Lipinski definition) is 4. The lowest BCUT2D eigenvalue weighted by atomic mass is 9.95. The molecule has 0 spiro atoms. The molecule has 1 atom stereocenters. The van der Waals surface area contributed by atoms with E-state index >= 15 is 0 Å². The highest BCUT2D eigenvalue weighted by Gasteiger charge is 2.17. The fourth-order valence-corrected chi connectivity index (χ4v) is 3.70. The SMILES string of the molecule is CCC(Cc1ccc(OC)c(CNC(=O)c2ccc(OCCc3ccccc3)cc2)c1)C(=O)O. The molecule has 3 aromatic carbocycles. The smallest absolute Gasteiger partial charge is 0.306 e. The number of ether oxygens (including phenoxy) is 2. The maximum Gasteiger partial charge on any atom is 0.306 e. The lowest BCUT2D eigenvalue weighted by Gasteiger charge is -2.14. The lowest BCUT2D eigenvalue weighted by Crippen LogP contribution is -2.23. The van der Waals surface area contributed by atoms with Gasteiger partial charge in [-0.25, -0.2) is 0 Å². The molecule has 6 heteroatoms. The van der Waals surface area contributed by atoms with Crippen LogP contribution in [0.3, 0.4) is 0 Å². The van der Waals surface area contributed by atoms with E-state index in [1.807, 2.05) is 43.3 Å². The minimum Gasteiger partial charge on any atom is -0.496 e. The average Bonchev–Trinajstić information content (AvgIpc) is 2.86. The predicted octanol–water partition coefficient (Wildman–Crippen LogP) is 4.90. The van der Waals surface area contributed by atoms with Crippen LogP contribution in [0.25, 0.3) is 0 Å². The van der Waals surface area contributed by atoms with Gasteiger partial charge in [0, 0.05) is 24.1 Å². The van der Waals surface area contributed by atoms with Crippen molar-refractivity contribution in [1.29, 1.82) is 0 Å². The van der Waals surface area contributed by atoms with Crippen molar-refractivity contribution in [2.24, 2.45) is 5.92 Å². The second-order valence-corrected chi connectivity index (χ2v) is 8.08. The van der Waals surface area contributed by atoms with Crippen LogP contribution >= 0.6 is 0 Å². The first-order valence-corrected chi connectivity index (χ1v) is 11.4. The van der Waals surface area contributed by atoms with E-state index in [-0.39, 0.29) is 12.5 Å². The van der Waals surface area contributed by atoms with E-state index in [1.165, 1.54) is 5.56 Å². The van der Waals surface area contributed by atoms with E-state index in [0.29, 0.717) is 36.5 Å². The quantitative estimate of drug-likeness (QED) is 0.401. The predicted molar refractivity (Wildman–Crippen MR) is 131 cm³/mol. The topological polar surface area (TPSA) is 84.9 Å². The fourth-order valence-electron chi connectivity index (χ4n) is 3.70. The molecule has 0 fully saturated rings. The van der Waals surface area contributed by atoms with Crippen LogP contribution in [0.5, 0.6) is 11.5 Å². The van der Waals surface area contributed by atoms with Gasteiger partial charge in [0.2, 0.25) is 0 Å². The number of benzene rings is 3. The number of carboxylic acid groups (broad SMARTS) is 1. The summed E-state index contributed by atoms with van der Waals surface area (Å²) in [6.07, 6.45) is 1.80. The van der Waals surface area contributed by atoms with Gasteiger partial charge >= 0.3 is 5.97 Å². The molecule has 0 saturated carbocycles. The van der Waals surface area contributed by atoms with Gasteiger partial charge in [-0.1, -0.05) is 49.4 Å². The molecule has 34 heavy (non-hydrogen) atoms. The highest BCUT2D eigenvalue weighted by molar-refractivity contribution is 5.94. The number of carboxylic acids is 1. The lowest BCUT2D eigenvalue weighted by molar-refractivity contribution is -0.141. The Bertz CT molecular complexity index is 1080. The molecule has 0 aromatic heterocycles. The van der Waals surface area contributed by atoms with Crippen molar-refractivity contribution in [1.82, 2.24) is 5.32 Å². The number of amides is 1. The third-order valence-corrected chi connectivity index (χ3v) is 5.73. The Labute approximate surface area is 200 Å². The molecule has 0 aliphatic heterocycles. The van der Waals surface area contributed by atoms with Crippen molar-refractivity contribution in [3.63, 3.8) is 0 Å². The van der Waals surface area contributed by atoms with Gasteiger partial charge in [-0.2, -0.15) is 0 Å². The maximum atomic E-state index is 12.7. The maximum absolute atomic E-state index is 12.7. The van der Waals surface area contributed by atoms with Gasteiger partial charge in [0.25, 0.3) is 5.91 Å². The Morgan fingerprint density at radius 2 is 1.71 bits per heavy atom. The first-order chi connectivity index (χ1) is 16.5. The second-order valence-electron chi connectivity index (χ2n) is 8.08. The van der Waals surface area contributed by atoms with E-state index in [9.17, 15) is 14.7 Å². The van der Waals surface area contributed by atoms with Crippen LogP contribution in [0.4, 0.5) is 0 Å². The second kappa shape index (κ2) is 12.4. The van der Waals surface area contributed by atoms with Gasteiger partial charge in [-0.05, 0) is 54.3 Å². The molecule has 2 N–H and O–H groups in total. The van der Waals surface area contributed by atoms with Gasteiger partial charge in [0.1, 0.15) is 11.5 Å².